The summed E-state index contributed by atoms with van der Waals surface area (Å²) in [5, 5.41) is 14.2. The fourth-order valence-electron chi connectivity index (χ4n) is 2.43. The van der Waals surface area contributed by atoms with Gasteiger partial charge in [0.05, 0.1) is 12.0 Å². The van der Waals surface area contributed by atoms with Crippen LogP contribution < -0.4 is 4.90 Å². The quantitative estimate of drug-likeness (QED) is 0.875. The zero-order valence-electron chi connectivity index (χ0n) is 10.2. The third-order valence-electron chi connectivity index (χ3n) is 3.45. The minimum Gasteiger partial charge on any atom is -0.395 e. The highest BCUT2D eigenvalue weighted by atomic mass is 16.5. The Hall–Kier alpha value is -1.59. The maximum absolute atomic E-state index is 8.93. The van der Waals surface area contributed by atoms with Crippen LogP contribution in [0.2, 0.25) is 0 Å². The summed E-state index contributed by atoms with van der Waals surface area (Å²) in [4.78, 5) is 4.51. The molecule has 0 bridgehead atoms. The number of nitrogens with zero attached hydrogens (tertiary/aromatic N) is 3. The van der Waals surface area contributed by atoms with Gasteiger partial charge in [-0.2, -0.15) is 0 Å². The van der Waals surface area contributed by atoms with E-state index in [1.54, 1.807) is 0 Å². The van der Waals surface area contributed by atoms with Crippen LogP contribution in [0.1, 0.15) is 0 Å². The topological polar surface area (TPSA) is 52.7 Å². The molecule has 1 saturated heterocycles. The number of anilines is 1. The molecule has 0 unspecified atom stereocenters. The third kappa shape index (κ3) is 2.07. The first kappa shape index (κ1) is 11.5. The Morgan fingerprint density at radius 3 is 2.72 bits per heavy atom. The van der Waals surface area contributed by atoms with Gasteiger partial charge in [-0.05, 0) is 12.1 Å². The second-order valence-electron chi connectivity index (χ2n) is 4.55. The normalized spacial score (nSPS) is 17.5. The van der Waals surface area contributed by atoms with Crippen molar-refractivity contribution in [2.75, 3.05) is 44.2 Å². The van der Waals surface area contributed by atoms with Gasteiger partial charge in [0.1, 0.15) is 0 Å². The second kappa shape index (κ2) is 4.96. The molecule has 0 aliphatic carbocycles. The van der Waals surface area contributed by atoms with Crippen LogP contribution in [-0.4, -0.2) is 54.5 Å². The molecule has 5 nitrogen and oxygen atoms in total. The number of hydrogen-bond acceptors (Lipinski definition) is 5. The number of β-amino-alcohol motifs (C(OH)–C–C–N with tert-alkyl or cyclic N) is 1. The van der Waals surface area contributed by atoms with Crippen molar-refractivity contribution >= 4 is 16.8 Å². The molecule has 1 aromatic heterocycles. The van der Waals surface area contributed by atoms with Gasteiger partial charge in [0, 0.05) is 32.7 Å². The van der Waals surface area contributed by atoms with Crippen molar-refractivity contribution < 1.29 is 9.63 Å². The number of rotatable bonds is 3. The lowest BCUT2D eigenvalue weighted by Crippen LogP contribution is -2.47. The predicted molar refractivity (Wildman–Crippen MR) is 69.7 cm³/mol. The van der Waals surface area contributed by atoms with E-state index in [1.807, 2.05) is 24.3 Å². The van der Waals surface area contributed by atoms with Crippen molar-refractivity contribution in [1.82, 2.24) is 10.1 Å². The zero-order valence-corrected chi connectivity index (χ0v) is 10.2. The smallest absolute Gasteiger partial charge is 0.180 e. The van der Waals surface area contributed by atoms with E-state index >= 15 is 0 Å². The van der Waals surface area contributed by atoms with Crippen molar-refractivity contribution in [3.63, 3.8) is 0 Å². The molecule has 1 aromatic carbocycles. The van der Waals surface area contributed by atoms with E-state index in [9.17, 15) is 0 Å². The van der Waals surface area contributed by atoms with Crippen LogP contribution in [-0.2, 0) is 0 Å². The Labute approximate surface area is 106 Å². The number of hydrogen-bond donors (Lipinski definition) is 1. The number of benzene rings is 1. The number of fused-ring (bicyclic) bond motifs is 1. The largest absolute Gasteiger partial charge is 0.395 e. The standard InChI is InChI=1S/C13H17N3O2/c17-10-9-15-5-7-16(8-6-15)13-11-3-1-2-4-12(11)18-14-13/h1-4,17H,5-10H2. The van der Waals surface area contributed by atoms with Gasteiger partial charge in [0.25, 0.3) is 0 Å². The van der Waals surface area contributed by atoms with Gasteiger partial charge in [-0.3, -0.25) is 4.90 Å². The van der Waals surface area contributed by atoms with Crippen LogP contribution in [0.5, 0.6) is 0 Å². The summed E-state index contributed by atoms with van der Waals surface area (Å²) in [6, 6.07) is 7.94. The highest BCUT2D eigenvalue weighted by Crippen LogP contribution is 2.26. The van der Waals surface area contributed by atoms with E-state index in [4.69, 9.17) is 9.63 Å². The maximum Gasteiger partial charge on any atom is 0.180 e. The summed E-state index contributed by atoms with van der Waals surface area (Å²) in [5.74, 6) is 0.939. The Bertz CT molecular complexity index is 518. The summed E-state index contributed by atoms with van der Waals surface area (Å²) in [5.41, 5.74) is 0.838. The molecule has 3 rings (SSSR count). The molecule has 0 radical (unpaired) electrons. The molecule has 0 amide bonds. The molecule has 2 heterocycles. The molecule has 0 atom stereocenters. The summed E-state index contributed by atoms with van der Waals surface area (Å²) in [6.45, 7) is 4.76. The van der Waals surface area contributed by atoms with E-state index in [2.05, 4.69) is 15.0 Å². The van der Waals surface area contributed by atoms with Crippen LogP contribution in [0.3, 0.4) is 0 Å². The molecular weight excluding hydrogens is 230 g/mol. The summed E-state index contributed by atoms with van der Waals surface area (Å²) >= 11 is 0. The van der Waals surface area contributed by atoms with Crippen LogP contribution in [0.25, 0.3) is 11.0 Å². The van der Waals surface area contributed by atoms with E-state index in [1.165, 1.54) is 0 Å². The van der Waals surface area contributed by atoms with Crippen LogP contribution in [0.4, 0.5) is 5.82 Å². The minimum absolute atomic E-state index is 0.229. The molecule has 96 valence electrons. The fraction of sp³-hybridized carbons (Fsp3) is 0.462. The molecule has 18 heavy (non-hydrogen) atoms. The van der Waals surface area contributed by atoms with Crippen molar-refractivity contribution in [2.24, 2.45) is 0 Å². The molecule has 1 N–H and O–H groups in total. The van der Waals surface area contributed by atoms with Crippen molar-refractivity contribution in [3.8, 4) is 0 Å². The summed E-state index contributed by atoms with van der Waals surface area (Å²) in [6.07, 6.45) is 0. The summed E-state index contributed by atoms with van der Waals surface area (Å²) in [7, 11) is 0. The molecular formula is C13H17N3O2. The van der Waals surface area contributed by atoms with Crippen molar-refractivity contribution in [1.29, 1.82) is 0 Å². The van der Waals surface area contributed by atoms with Crippen LogP contribution >= 0.6 is 0 Å². The van der Waals surface area contributed by atoms with Gasteiger partial charge < -0.3 is 14.5 Å². The SMILES string of the molecule is OCCN1CCN(c2noc3ccccc23)CC1. The van der Waals surface area contributed by atoms with E-state index in [0.29, 0.717) is 0 Å². The van der Waals surface area contributed by atoms with Crippen LogP contribution in [0.15, 0.2) is 28.8 Å². The molecule has 2 aromatic rings. The second-order valence-corrected chi connectivity index (χ2v) is 4.55. The minimum atomic E-state index is 0.229. The Balaban J connectivity index is 1.76. The molecule has 0 saturated carbocycles. The van der Waals surface area contributed by atoms with Gasteiger partial charge in [0.15, 0.2) is 11.4 Å². The van der Waals surface area contributed by atoms with Crippen molar-refractivity contribution in [3.05, 3.63) is 24.3 Å². The van der Waals surface area contributed by atoms with Gasteiger partial charge in [-0.25, -0.2) is 0 Å². The molecule has 5 heteroatoms. The molecule has 1 aliphatic heterocycles. The fourth-order valence-corrected chi connectivity index (χ4v) is 2.43. The molecule has 0 spiro atoms. The van der Waals surface area contributed by atoms with Gasteiger partial charge in [0.2, 0.25) is 0 Å². The lowest BCUT2D eigenvalue weighted by Gasteiger charge is -2.34. The van der Waals surface area contributed by atoms with Gasteiger partial charge >= 0.3 is 0 Å². The monoisotopic (exact) mass is 247 g/mol. The first-order chi connectivity index (χ1) is 8.88. The number of aliphatic hydroxyl groups is 1. The lowest BCUT2D eigenvalue weighted by molar-refractivity contribution is 0.188. The number of aromatic nitrogens is 1. The van der Waals surface area contributed by atoms with E-state index in [0.717, 1.165) is 49.5 Å². The van der Waals surface area contributed by atoms with E-state index in [-0.39, 0.29) is 6.61 Å². The average Bonchev–Trinajstić information content (AvgIpc) is 2.84. The van der Waals surface area contributed by atoms with Gasteiger partial charge in [-0.15, -0.1) is 0 Å². The Kier molecular flexibility index (Phi) is 3.17. The van der Waals surface area contributed by atoms with E-state index < -0.39 is 0 Å². The number of aliphatic hydroxyl groups excluding tert-OH is 1. The highest BCUT2D eigenvalue weighted by Gasteiger charge is 2.20. The number of para-hydroxylation sites is 1. The molecule has 1 aliphatic rings. The van der Waals surface area contributed by atoms with Crippen molar-refractivity contribution in [2.45, 2.75) is 0 Å². The van der Waals surface area contributed by atoms with Gasteiger partial charge in [-0.1, -0.05) is 17.3 Å². The number of piperazine rings is 1. The lowest BCUT2D eigenvalue weighted by atomic mass is 10.2. The molecule has 1 fully saturated rings. The average molecular weight is 247 g/mol. The van der Waals surface area contributed by atoms with Crippen LogP contribution in [0, 0.1) is 0 Å². The summed E-state index contributed by atoms with van der Waals surface area (Å²) < 4.78 is 5.33. The third-order valence-corrected chi connectivity index (χ3v) is 3.45. The Morgan fingerprint density at radius 1 is 1.17 bits per heavy atom. The maximum atomic E-state index is 8.93. The predicted octanol–water partition coefficient (Wildman–Crippen LogP) is 0.942. The highest BCUT2D eigenvalue weighted by molar-refractivity contribution is 5.88. The first-order valence-corrected chi connectivity index (χ1v) is 6.31. The zero-order chi connectivity index (χ0) is 12.4. The Morgan fingerprint density at radius 2 is 1.94 bits per heavy atom. The first-order valence-electron chi connectivity index (χ1n) is 6.31.